The van der Waals surface area contributed by atoms with Crippen molar-refractivity contribution in [1.82, 2.24) is 15.1 Å². The van der Waals surface area contributed by atoms with Crippen molar-refractivity contribution in [3.8, 4) is 5.75 Å². The van der Waals surface area contributed by atoms with E-state index in [4.69, 9.17) is 27.9 Å². The van der Waals surface area contributed by atoms with E-state index in [1.165, 1.54) is 11.6 Å². The van der Waals surface area contributed by atoms with Crippen LogP contribution in [-0.4, -0.2) is 67.0 Å². The molecule has 4 rings (SSSR count). The Morgan fingerprint density at radius 1 is 1.03 bits per heavy atom. The van der Waals surface area contributed by atoms with Crippen LogP contribution in [0.25, 0.3) is 0 Å². The van der Waals surface area contributed by atoms with Gasteiger partial charge >= 0.3 is 0 Å². The maximum atomic E-state index is 12.9. The Bertz CT molecular complexity index is 1040. The predicted molar refractivity (Wildman–Crippen MR) is 135 cm³/mol. The van der Waals surface area contributed by atoms with Crippen LogP contribution in [0.15, 0.2) is 42.5 Å². The van der Waals surface area contributed by atoms with Crippen molar-refractivity contribution in [3.05, 3.63) is 63.6 Å². The molecule has 2 heterocycles. The highest BCUT2D eigenvalue weighted by Crippen LogP contribution is 2.36. The minimum Gasteiger partial charge on any atom is -0.496 e. The van der Waals surface area contributed by atoms with Crippen LogP contribution in [0.4, 0.5) is 0 Å². The van der Waals surface area contributed by atoms with Gasteiger partial charge in [-0.1, -0.05) is 41.4 Å². The summed E-state index contributed by atoms with van der Waals surface area (Å²) in [6, 6.07) is 13.4. The number of carbonyl (C=O) groups excluding carboxylic acids is 2. The molecule has 34 heavy (non-hydrogen) atoms. The van der Waals surface area contributed by atoms with Gasteiger partial charge in [-0.15, -0.1) is 0 Å². The van der Waals surface area contributed by atoms with Gasteiger partial charge in [0.1, 0.15) is 5.75 Å². The number of ether oxygens (including phenoxy) is 1. The number of rotatable bonds is 6. The molecule has 2 aliphatic heterocycles. The summed E-state index contributed by atoms with van der Waals surface area (Å²) in [5.74, 6) is 1.06. The molecule has 0 unspecified atom stereocenters. The maximum absolute atomic E-state index is 12.9. The normalized spacial score (nSPS) is 21.5. The van der Waals surface area contributed by atoms with Gasteiger partial charge in [0.15, 0.2) is 0 Å². The van der Waals surface area contributed by atoms with Gasteiger partial charge in [0.2, 0.25) is 5.91 Å². The van der Waals surface area contributed by atoms with E-state index in [9.17, 15) is 9.59 Å². The number of amides is 2. The number of methoxy groups -OCH3 is 1. The molecule has 2 aromatic carbocycles. The van der Waals surface area contributed by atoms with Crippen LogP contribution >= 0.6 is 23.2 Å². The second-order valence-electron chi connectivity index (χ2n) is 9.05. The summed E-state index contributed by atoms with van der Waals surface area (Å²) < 4.78 is 5.56. The van der Waals surface area contributed by atoms with E-state index in [0.717, 1.165) is 38.1 Å². The number of benzene rings is 2. The molecule has 0 aliphatic carbocycles. The Morgan fingerprint density at radius 3 is 2.47 bits per heavy atom. The first-order chi connectivity index (χ1) is 16.4. The van der Waals surface area contributed by atoms with E-state index >= 15 is 0 Å². The molecule has 0 spiro atoms. The van der Waals surface area contributed by atoms with Crippen LogP contribution in [0.1, 0.15) is 48.0 Å². The molecule has 2 atom stereocenters. The van der Waals surface area contributed by atoms with Gasteiger partial charge < -0.3 is 15.0 Å². The summed E-state index contributed by atoms with van der Waals surface area (Å²) in [6.07, 6.45) is 3.11. The van der Waals surface area contributed by atoms with Crippen LogP contribution in [0.3, 0.4) is 0 Å². The number of nitrogens with zero attached hydrogens (tertiary/aromatic N) is 2. The SMILES string of the molecule is COc1ccccc1C1CCN([C@@H]2CCN(C(=O)CNC(=O)c3ccc(Cl)c(Cl)c3)[C@H]2C)CC1. The summed E-state index contributed by atoms with van der Waals surface area (Å²) in [5.41, 5.74) is 1.67. The molecule has 182 valence electrons. The van der Waals surface area contributed by atoms with Gasteiger partial charge in [0.05, 0.1) is 23.7 Å². The average Bonchev–Trinajstić information content (AvgIpc) is 3.25. The minimum absolute atomic E-state index is 0.0357. The third-order valence-corrected chi connectivity index (χ3v) is 7.93. The molecular formula is C26H31Cl2N3O3. The Morgan fingerprint density at radius 2 is 1.76 bits per heavy atom. The molecule has 2 aromatic rings. The summed E-state index contributed by atoms with van der Waals surface area (Å²) >= 11 is 11.9. The highest BCUT2D eigenvalue weighted by atomic mass is 35.5. The van der Waals surface area contributed by atoms with Crippen LogP contribution in [-0.2, 0) is 4.79 Å². The Kier molecular flexibility index (Phi) is 8.02. The van der Waals surface area contributed by atoms with Gasteiger partial charge in [0.25, 0.3) is 5.91 Å². The number of halogens is 2. The number of para-hydroxylation sites is 1. The van der Waals surface area contributed by atoms with Crippen LogP contribution in [0.2, 0.25) is 10.0 Å². The van der Waals surface area contributed by atoms with Gasteiger partial charge in [-0.3, -0.25) is 14.5 Å². The summed E-state index contributed by atoms with van der Waals surface area (Å²) in [7, 11) is 1.73. The van der Waals surface area contributed by atoms with E-state index in [0.29, 0.717) is 34.1 Å². The molecule has 0 bridgehead atoms. The molecule has 0 radical (unpaired) electrons. The second kappa shape index (κ2) is 11.0. The van der Waals surface area contributed by atoms with Crippen molar-refractivity contribution in [2.24, 2.45) is 0 Å². The lowest BCUT2D eigenvalue weighted by atomic mass is 9.88. The molecule has 6 nitrogen and oxygen atoms in total. The molecule has 8 heteroatoms. The highest BCUT2D eigenvalue weighted by Gasteiger charge is 2.38. The van der Waals surface area contributed by atoms with Crippen LogP contribution < -0.4 is 10.1 Å². The van der Waals surface area contributed by atoms with Crippen molar-refractivity contribution in [2.45, 2.75) is 44.2 Å². The fraction of sp³-hybridized carbons (Fsp3) is 0.462. The number of likely N-dealkylation sites (tertiary alicyclic amines) is 2. The van der Waals surface area contributed by atoms with Crippen LogP contribution in [0, 0.1) is 0 Å². The molecule has 1 N–H and O–H groups in total. The second-order valence-corrected chi connectivity index (χ2v) is 9.86. The molecule has 2 aliphatic rings. The molecule has 0 saturated carbocycles. The third-order valence-electron chi connectivity index (χ3n) is 7.19. The topological polar surface area (TPSA) is 61.9 Å². The van der Waals surface area contributed by atoms with Crippen molar-refractivity contribution in [2.75, 3.05) is 33.3 Å². The molecular weight excluding hydrogens is 473 g/mol. The predicted octanol–water partition coefficient (Wildman–Crippen LogP) is 4.60. The lowest BCUT2D eigenvalue weighted by Gasteiger charge is -2.39. The monoisotopic (exact) mass is 503 g/mol. The lowest BCUT2D eigenvalue weighted by molar-refractivity contribution is -0.131. The van der Waals surface area contributed by atoms with Gasteiger partial charge in [0, 0.05) is 24.2 Å². The Labute approximate surface area is 211 Å². The summed E-state index contributed by atoms with van der Waals surface area (Å²) in [6.45, 7) is 4.80. The van der Waals surface area contributed by atoms with Crippen molar-refractivity contribution in [3.63, 3.8) is 0 Å². The van der Waals surface area contributed by atoms with E-state index in [1.807, 2.05) is 17.0 Å². The first-order valence-electron chi connectivity index (χ1n) is 11.8. The van der Waals surface area contributed by atoms with E-state index < -0.39 is 0 Å². The van der Waals surface area contributed by atoms with E-state index in [1.54, 1.807) is 19.2 Å². The average molecular weight is 504 g/mol. The zero-order valence-corrected chi connectivity index (χ0v) is 21.1. The third kappa shape index (κ3) is 5.35. The maximum Gasteiger partial charge on any atom is 0.251 e. The van der Waals surface area contributed by atoms with Crippen molar-refractivity contribution < 1.29 is 14.3 Å². The Balaban J connectivity index is 1.28. The first kappa shape index (κ1) is 24.8. The largest absolute Gasteiger partial charge is 0.496 e. The number of carbonyl (C=O) groups is 2. The van der Waals surface area contributed by atoms with Gasteiger partial charge in [-0.05, 0) is 75.0 Å². The quantitative estimate of drug-likeness (QED) is 0.625. The molecule has 2 amide bonds. The summed E-state index contributed by atoms with van der Waals surface area (Å²) in [5, 5.41) is 3.41. The fourth-order valence-corrected chi connectivity index (χ4v) is 5.60. The van der Waals surface area contributed by atoms with Crippen molar-refractivity contribution in [1.29, 1.82) is 0 Å². The minimum atomic E-state index is -0.339. The number of hydrogen-bond donors (Lipinski definition) is 1. The fourth-order valence-electron chi connectivity index (χ4n) is 5.31. The zero-order chi connectivity index (χ0) is 24.2. The van der Waals surface area contributed by atoms with Gasteiger partial charge in [-0.25, -0.2) is 0 Å². The van der Waals surface area contributed by atoms with Crippen molar-refractivity contribution >= 4 is 35.0 Å². The molecule has 0 aromatic heterocycles. The number of piperidine rings is 1. The lowest BCUT2D eigenvalue weighted by Crippen LogP contribution is -2.49. The highest BCUT2D eigenvalue weighted by molar-refractivity contribution is 6.42. The van der Waals surface area contributed by atoms with E-state index in [2.05, 4.69) is 29.3 Å². The molecule has 2 fully saturated rings. The van der Waals surface area contributed by atoms with E-state index in [-0.39, 0.29) is 24.4 Å². The molecule has 2 saturated heterocycles. The zero-order valence-electron chi connectivity index (χ0n) is 19.6. The van der Waals surface area contributed by atoms with Gasteiger partial charge in [-0.2, -0.15) is 0 Å². The summed E-state index contributed by atoms with van der Waals surface area (Å²) in [4.78, 5) is 29.7. The first-order valence-corrected chi connectivity index (χ1v) is 12.5. The van der Waals surface area contributed by atoms with Crippen LogP contribution in [0.5, 0.6) is 5.75 Å². The smallest absolute Gasteiger partial charge is 0.251 e. The number of hydrogen-bond acceptors (Lipinski definition) is 4. The Hall–Kier alpha value is -2.28. The number of nitrogens with one attached hydrogen (secondary N) is 1. The standard InChI is InChI=1S/C26H31Cl2N3O3/c1-17-23(30-12-9-18(10-13-30)20-5-3-4-6-24(20)34-2)11-14-31(17)25(32)16-29-26(33)19-7-8-21(27)22(28)15-19/h3-8,15,17-18,23H,9-14,16H2,1-2H3,(H,29,33)/t17-,23+/m0/s1.